The van der Waals surface area contributed by atoms with E-state index in [1.807, 2.05) is 6.07 Å². The van der Waals surface area contributed by atoms with Crippen LogP contribution >= 0.6 is 0 Å². The molecule has 4 heterocycles. The molecule has 0 unspecified atom stereocenters. The van der Waals surface area contributed by atoms with Gasteiger partial charge < -0.3 is 25.2 Å². The summed E-state index contributed by atoms with van der Waals surface area (Å²) in [5.41, 5.74) is 1.57. The molecule has 1 saturated heterocycles. The van der Waals surface area contributed by atoms with Gasteiger partial charge in [-0.05, 0) is 25.2 Å². The summed E-state index contributed by atoms with van der Waals surface area (Å²) in [7, 11) is 3.72. The fourth-order valence-electron chi connectivity index (χ4n) is 3.85. The molecule has 1 aliphatic rings. The summed E-state index contributed by atoms with van der Waals surface area (Å²) in [6.07, 6.45) is 4.83. The van der Waals surface area contributed by atoms with Gasteiger partial charge in [0.05, 0.1) is 30.7 Å². The third-order valence-electron chi connectivity index (χ3n) is 5.80. The zero-order valence-electron chi connectivity index (χ0n) is 19.3. The van der Waals surface area contributed by atoms with E-state index >= 15 is 0 Å². The standard InChI is InChI=1S/C24H24F2N8O/c1-33-5-7-34(8-6-33)23-12-21(35-2)20(14-29-23)31-24-27-4-3-22(32-24)30-16-9-15-10-17(25)18(26)11-19(15)28-13-16/h3-4,9-14H,5-8H2,1-2H3,(H2,27,30,31,32). The minimum Gasteiger partial charge on any atom is -0.494 e. The van der Waals surface area contributed by atoms with E-state index in [0.717, 1.165) is 44.1 Å². The number of fused-ring (bicyclic) bond motifs is 1. The Morgan fingerprint density at radius 3 is 2.51 bits per heavy atom. The summed E-state index contributed by atoms with van der Waals surface area (Å²) >= 11 is 0. The third-order valence-corrected chi connectivity index (χ3v) is 5.80. The number of halogens is 2. The number of likely N-dealkylation sites (N-methyl/N-ethyl adjacent to an activating group) is 1. The predicted molar refractivity (Wildman–Crippen MR) is 131 cm³/mol. The number of rotatable bonds is 6. The van der Waals surface area contributed by atoms with Crippen molar-refractivity contribution in [3.8, 4) is 5.75 Å². The van der Waals surface area contributed by atoms with Crippen molar-refractivity contribution in [2.75, 3.05) is 55.9 Å². The molecule has 1 aromatic carbocycles. The molecule has 0 aliphatic carbocycles. The van der Waals surface area contributed by atoms with Gasteiger partial charge in [0.25, 0.3) is 0 Å². The Morgan fingerprint density at radius 2 is 1.71 bits per heavy atom. The van der Waals surface area contributed by atoms with E-state index in [1.165, 1.54) is 6.20 Å². The highest BCUT2D eigenvalue weighted by Crippen LogP contribution is 2.30. The van der Waals surface area contributed by atoms with Crippen LogP contribution in [0.1, 0.15) is 0 Å². The number of nitrogens with zero attached hydrogens (tertiary/aromatic N) is 6. The van der Waals surface area contributed by atoms with Crippen LogP contribution in [0.2, 0.25) is 0 Å². The van der Waals surface area contributed by atoms with Gasteiger partial charge in [-0.2, -0.15) is 4.98 Å². The maximum Gasteiger partial charge on any atom is 0.229 e. The minimum absolute atomic E-state index is 0.337. The molecular formula is C24H24F2N8O. The van der Waals surface area contributed by atoms with Crippen molar-refractivity contribution in [3.05, 3.63) is 60.6 Å². The van der Waals surface area contributed by atoms with Crippen LogP contribution < -0.4 is 20.3 Å². The van der Waals surface area contributed by atoms with E-state index < -0.39 is 11.6 Å². The maximum absolute atomic E-state index is 13.6. The fourth-order valence-corrected chi connectivity index (χ4v) is 3.85. The number of ether oxygens (including phenoxy) is 1. The number of pyridine rings is 2. The molecule has 5 rings (SSSR count). The first-order valence-corrected chi connectivity index (χ1v) is 11.1. The molecule has 1 fully saturated rings. The summed E-state index contributed by atoms with van der Waals surface area (Å²) in [4.78, 5) is 22.0. The highest BCUT2D eigenvalue weighted by Gasteiger charge is 2.17. The first kappa shape index (κ1) is 22.7. The van der Waals surface area contributed by atoms with E-state index in [9.17, 15) is 8.78 Å². The van der Waals surface area contributed by atoms with Crippen LogP contribution in [0.15, 0.2) is 48.9 Å². The lowest BCUT2D eigenvalue weighted by molar-refractivity contribution is 0.312. The van der Waals surface area contributed by atoms with Crippen LogP contribution in [0, 0.1) is 11.6 Å². The SMILES string of the molecule is COc1cc(N2CCN(C)CC2)ncc1Nc1nccc(Nc2cnc3cc(F)c(F)cc3c2)n1. The smallest absolute Gasteiger partial charge is 0.229 e. The number of anilines is 5. The summed E-state index contributed by atoms with van der Waals surface area (Å²) in [5, 5.41) is 6.73. The van der Waals surface area contributed by atoms with Crippen LogP contribution in [-0.2, 0) is 0 Å². The monoisotopic (exact) mass is 478 g/mol. The molecule has 4 aromatic rings. The van der Waals surface area contributed by atoms with Crippen molar-refractivity contribution in [3.63, 3.8) is 0 Å². The molecule has 180 valence electrons. The van der Waals surface area contributed by atoms with Gasteiger partial charge >= 0.3 is 0 Å². The van der Waals surface area contributed by atoms with Crippen molar-refractivity contribution in [1.82, 2.24) is 24.8 Å². The van der Waals surface area contributed by atoms with Crippen LogP contribution in [-0.4, -0.2) is 65.2 Å². The minimum atomic E-state index is -0.932. The molecule has 35 heavy (non-hydrogen) atoms. The largest absolute Gasteiger partial charge is 0.494 e. The fraction of sp³-hybridized carbons (Fsp3) is 0.250. The summed E-state index contributed by atoms with van der Waals surface area (Å²) in [6.45, 7) is 3.77. The molecule has 0 spiro atoms. The van der Waals surface area contributed by atoms with Gasteiger partial charge in [0.2, 0.25) is 5.95 Å². The van der Waals surface area contributed by atoms with Crippen LogP contribution in [0.25, 0.3) is 10.9 Å². The van der Waals surface area contributed by atoms with E-state index in [-0.39, 0.29) is 0 Å². The zero-order valence-corrected chi connectivity index (χ0v) is 19.3. The van der Waals surface area contributed by atoms with Gasteiger partial charge in [0.1, 0.15) is 23.1 Å². The first-order valence-electron chi connectivity index (χ1n) is 11.1. The Hall–Kier alpha value is -4.12. The number of hydrogen-bond donors (Lipinski definition) is 2. The van der Waals surface area contributed by atoms with Crippen LogP contribution in [0.5, 0.6) is 5.75 Å². The number of methoxy groups -OCH3 is 1. The number of hydrogen-bond acceptors (Lipinski definition) is 9. The van der Waals surface area contributed by atoms with Crippen LogP contribution in [0.3, 0.4) is 0 Å². The van der Waals surface area contributed by atoms with Crippen molar-refractivity contribution < 1.29 is 13.5 Å². The van der Waals surface area contributed by atoms with Crippen molar-refractivity contribution in [1.29, 1.82) is 0 Å². The van der Waals surface area contributed by atoms with Crippen molar-refractivity contribution in [2.45, 2.75) is 0 Å². The quantitative estimate of drug-likeness (QED) is 0.427. The Balaban J connectivity index is 1.33. The highest BCUT2D eigenvalue weighted by molar-refractivity contribution is 5.82. The predicted octanol–water partition coefficient (Wildman–Crippen LogP) is 3.95. The van der Waals surface area contributed by atoms with Gasteiger partial charge in [0, 0.05) is 49.9 Å². The lowest BCUT2D eigenvalue weighted by Crippen LogP contribution is -2.44. The summed E-state index contributed by atoms with van der Waals surface area (Å²) in [6, 6.07) is 7.44. The molecule has 1 aliphatic heterocycles. The van der Waals surface area contributed by atoms with E-state index in [1.54, 1.807) is 31.6 Å². The lowest BCUT2D eigenvalue weighted by atomic mass is 10.2. The average molecular weight is 479 g/mol. The Labute approximate surface area is 200 Å². The third kappa shape index (κ3) is 5.04. The lowest BCUT2D eigenvalue weighted by Gasteiger charge is -2.33. The molecular weight excluding hydrogens is 454 g/mol. The molecule has 0 radical (unpaired) electrons. The zero-order chi connectivity index (χ0) is 24.4. The van der Waals surface area contributed by atoms with Gasteiger partial charge in [-0.15, -0.1) is 0 Å². The number of aromatic nitrogens is 4. The molecule has 0 bridgehead atoms. The second-order valence-electron chi connectivity index (χ2n) is 8.23. The second-order valence-corrected chi connectivity index (χ2v) is 8.23. The molecule has 3 aromatic heterocycles. The summed E-state index contributed by atoms with van der Waals surface area (Å²) in [5.74, 6) is 0.460. The number of benzene rings is 1. The molecule has 9 nitrogen and oxygen atoms in total. The molecule has 0 atom stereocenters. The second kappa shape index (κ2) is 9.63. The maximum atomic E-state index is 13.6. The average Bonchev–Trinajstić information content (AvgIpc) is 2.86. The van der Waals surface area contributed by atoms with Crippen molar-refractivity contribution in [2.24, 2.45) is 0 Å². The van der Waals surface area contributed by atoms with Gasteiger partial charge in [-0.25, -0.2) is 18.7 Å². The Bertz CT molecular complexity index is 1360. The molecule has 2 N–H and O–H groups in total. The number of piperazine rings is 1. The first-order chi connectivity index (χ1) is 17.0. The van der Waals surface area contributed by atoms with Crippen LogP contribution in [0.4, 0.5) is 37.7 Å². The number of nitrogens with one attached hydrogen (secondary N) is 2. The normalized spacial score (nSPS) is 14.2. The molecule has 0 amide bonds. The van der Waals surface area contributed by atoms with E-state index in [2.05, 4.69) is 47.4 Å². The van der Waals surface area contributed by atoms with E-state index in [0.29, 0.717) is 39.8 Å². The Morgan fingerprint density at radius 1 is 0.914 bits per heavy atom. The van der Waals surface area contributed by atoms with Gasteiger partial charge in [-0.1, -0.05) is 0 Å². The molecule has 0 saturated carbocycles. The topological polar surface area (TPSA) is 91.3 Å². The van der Waals surface area contributed by atoms with E-state index in [4.69, 9.17) is 4.74 Å². The van der Waals surface area contributed by atoms with Gasteiger partial charge in [-0.3, -0.25) is 4.98 Å². The van der Waals surface area contributed by atoms with Gasteiger partial charge in [0.15, 0.2) is 11.6 Å². The highest BCUT2D eigenvalue weighted by atomic mass is 19.2. The summed E-state index contributed by atoms with van der Waals surface area (Å²) < 4.78 is 32.6. The molecule has 11 heteroatoms. The van der Waals surface area contributed by atoms with Crippen molar-refractivity contribution >= 4 is 39.9 Å². The Kier molecular flexibility index (Phi) is 6.23.